The predicted molar refractivity (Wildman–Crippen MR) is 66.1 cm³/mol. The lowest BCUT2D eigenvalue weighted by Gasteiger charge is -2.24. The van der Waals surface area contributed by atoms with Crippen LogP contribution >= 0.6 is 0 Å². The lowest BCUT2D eigenvalue weighted by Crippen LogP contribution is -2.20. The maximum absolute atomic E-state index is 11.0. The van der Waals surface area contributed by atoms with E-state index in [-0.39, 0.29) is 5.56 Å². The Morgan fingerprint density at radius 3 is 2.62 bits per heavy atom. The molecule has 0 bridgehead atoms. The molecule has 16 heavy (non-hydrogen) atoms. The molecule has 0 fully saturated rings. The summed E-state index contributed by atoms with van der Waals surface area (Å²) in [6, 6.07) is 1.44. The zero-order valence-electron chi connectivity index (χ0n) is 10.5. The zero-order chi connectivity index (χ0) is 12.3. The fourth-order valence-corrected chi connectivity index (χ4v) is 2.04. The first-order chi connectivity index (χ1) is 7.28. The molecular formula is C12H21N3O. The second-order valence-corrected chi connectivity index (χ2v) is 5.65. The van der Waals surface area contributed by atoms with Gasteiger partial charge < -0.3 is 10.3 Å². The molecule has 0 aliphatic rings. The topological polar surface area (TPSA) is 60.9 Å². The van der Waals surface area contributed by atoms with E-state index in [0.717, 1.165) is 13.0 Å². The normalized spacial score (nSPS) is 13.8. The van der Waals surface area contributed by atoms with Crippen LogP contribution in [0.4, 0.5) is 5.95 Å². The highest BCUT2D eigenvalue weighted by molar-refractivity contribution is 5.15. The van der Waals surface area contributed by atoms with Crippen LogP contribution in [0.15, 0.2) is 17.1 Å². The quantitative estimate of drug-likeness (QED) is 0.851. The first kappa shape index (κ1) is 12.7. The van der Waals surface area contributed by atoms with E-state index < -0.39 is 0 Å². The van der Waals surface area contributed by atoms with E-state index in [1.807, 2.05) is 4.57 Å². The van der Waals surface area contributed by atoms with Gasteiger partial charge in [-0.3, -0.25) is 4.79 Å². The summed E-state index contributed by atoms with van der Waals surface area (Å²) in [4.78, 5) is 14.7. The number of aromatic nitrogens is 2. The third-order valence-electron chi connectivity index (χ3n) is 2.39. The van der Waals surface area contributed by atoms with Crippen molar-refractivity contribution in [2.75, 3.05) is 5.73 Å². The second-order valence-electron chi connectivity index (χ2n) is 5.65. The van der Waals surface area contributed by atoms with Crippen LogP contribution in [-0.2, 0) is 6.54 Å². The average Bonchev–Trinajstić information content (AvgIpc) is 2.06. The van der Waals surface area contributed by atoms with Gasteiger partial charge in [-0.05, 0) is 17.8 Å². The van der Waals surface area contributed by atoms with Crippen molar-refractivity contribution in [3.63, 3.8) is 0 Å². The molecule has 0 saturated carbocycles. The number of nitrogens with zero attached hydrogens (tertiary/aromatic N) is 2. The molecule has 0 aromatic carbocycles. The van der Waals surface area contributed by atoms with E-state index in [2.05, 4.69) is 32.7 Å². The molecule has 1 rings (SSSR count). The lowest BCUT2D eigenvalue weighted by molar-refractivity contribution is 0.286. The summed E-state index contributed by atoms with van der Waals surface area (Å²) in [6.45, 7) is 9.64. The van der Waals surface area contributed by atoms with Crippen molar-refractivity contribution < 1.29 is 0 Å². The van der Waals surface area contributed by atoms with E-state index >= 15 is 0 Å². The third-order valence-corrected chi connectivity index (χ3v) is 2.39. The van der Waals surface area contributed by atoms with E-state index in [1.165, 1.54) is 6.07 Å². The number of hydrogen-bond donors (Lipinski definition) is 1. The Morgan fingerprint density at radius 1 is 1.50 bits per heavy atom. The minimum absolute atomic E-state index is 0.280. The van der Waals surface area contributed by atoms with Gasteiger partial charge in [-0.1, -0.05) is 27.7 Å². The molecule has 0 aliphatic carbocycles. The Labute approximate surface area is 96.5 Å². The van der Waals surface area contributed by atoms with Crippen LogP contribution in [0, 0.1) is 11.3 Å². The Morgan fingerprint density at radius 2 is 2.12 bits per heavy atom. The maximum Gasteiger partial charge on any atom is 0.274 e. The molecule has 0 radical (unpaired) electrons. The summed E-state index contributed by atoms with van der Waals surface area (Å²) in [7, 11) is 0. The smallest absolute Gasteiger partial charge is 0.274 e. The maximum atomic E-state index is 11.0. The molecule has 1 heterocycles. The first-order valence-corrected chi connectivity index (χ1v) is 5.61. The van der Waals surface area contributed by atoms with Gasteiger partial charge in [0.25, 0.3) is 5.56 Å². The van der Waals surface area contributed by atoms with Gasteiger partial charge in [0.2, 0.25) is 5.95 Å². The third kappa shape index (κ3) is 4.04. The van der Waals surface area contributed by atoms with Gasteiger partial charge in [0.05, 0.1) is 0 Å². The van der Waals surface area contributed by atoms with Gasteiger partial charge in [0.1, 0.15) is 0 Å². The number of rotatable bonds is 3. The van der Waals surface area contributed by atoms with Crippen molar-refractivity contribution in [2.45, 2.75) is 40.7 Å². The highest BCUT2D eigenvalue weighted by Gasteiger charge is 2.15. The van der Waals surface area contributed by atoms with E-state index in [4.69, 9.17) is 5.73 Å². The molecular weight excluding hydrogens is 202 g/mol. The largest absolute Gasteiger partial charge is 0.369 e. The van der Waals surface area contributed by atoms with Crippen molar-refractivity contribution in [1.82, 2.24) is 9.55 Å². The molecule has 0 spiro atoms. The molecule has 4 heteroatoms. The zero-order valence-corrected chi connectivity index (χ0v) is 10.5. The van der Waals surface area contributed by atoms with Gasteiger partial charge >= 0.3 is 0 Å². The Bertz CT molecular complexity index is 403. The molecule has 1 aromatic rings. The molecule has 0 amide bonds. The van der Waals surface area contributed by atoms with Crippen molar-refractivity contribution in [2.24, 2.45) is 11.3 Å². The van der Waals surface area contributed by atoms with Gasteiger partial charge in [0.15, 0.2) is 0 Å². The summed E-state index contributed by atoms with van der Waals surface area (Å²) < 4.78 is 1.83. The Hall–Kier alpha value is -1.32. The number of hydrogen-bond acceptors (Lipinski definition) is 3. The van der Waals surface area contributed by atoms with Gasteiger partial charge in [-0.15, -0.1) is 0 Å². The molecule has 2 N–H and O–H groups in total. The minimum Gasteiger partial charge on any atom is -0.369 e. The van der Waals surface area contributed by atoms with Crippen LogP contribution in [0.1, 0.15) is 34.1 Å². The van der Waals surface area contributed by atoms with Gasteiger partial charge in [-0.2, -0.15) is 4.98 Å². The fourth-order valence-electron chi connectivity index (χ4n) is 2.04. The SMILES string of the molecule is C[C@@H](Cn1ccc(=O)nc1N)CC(C)(C)C. The molecule has 1 aromatic heterocycles. The van der Waals surface area contributed by atoms with Crippen molar-refractivity contribution in [1.29, 1.82) is 0 Å². The summed E-state index contributed by atoms with van der Waals surface area (Å²) in [5, 5.41) is 0. The van der Waals surface area contributed by atoms with Crippen molar-refractivity contribution in [3.8, 4) is 0 Å². The van der Waals surface area contributed by atoms with E-state index in [1.54, 1.807) is 6.20 Å². The second kappa shape index (κ2) is 4.68. The summed E-state index contributed by atoms with van der Waals surface area (Å²) >= 11 is 0. The number of nitrogen functional groups attached to an aromatic ring is 1. The van der Waals surface area contributed by atoms with Crippen LogP contribution in [0.3, 0.4) is 0 Å². The minimum atomic E-state index is -0.280. The summed E-state index contributed by atoms with van der Waals surface area (Å²) in [5.41, 5.74) is 5.71. The highest BCUT2D eigenvalue weighted by Crippen LogP contribution is 2.25. The van der Waals surface area contributed by atoms with Crippen molar-refractivity contribution in [3.05, 3.63) is 22.6 Å². The molecule has 0 unspecified atom stereocenters. The van der Waals surface area contributed by atoms with E-state index in [9.17, 15) is 4.79 Å². The molecule has 0 aliphatic heterocycles. The molecule has 4 nitrogen and oxygen atoms in total. The molecule has 0 saturated heterocycles. The molecule has 1 atom stereocenters. The Balaban J connectivity index is 2.70. The van der Waals surface area contributed by atoms with Gasteiger partial charge in [0, 0.05) is 18.8 Å². The summed E-state index contributed by atoms with van der Waals surface area (Å²) in [5.74, 6) is 0.805. The number of anilines is 1. The van der Waals surface area contributed by atoms with Crippen LogP contribution < -0.4 is 11.3 Å². The standard InChI is InChI=1S/C12H21N3O/c1-9(7-12(2,3)4)8-15-6-5-10(16)14-11(15)13/h5-6,9H,7-8H2,1-4H3,(H2,13,14,16)/t9-/m1/s1. The average molecular weight is 223 g/mol. The van der Waals surface area contributed by atoms with Crippen LogP contribution in [-0.4, -0.2) is 9.55 Å². The number of nitrogens with two attached hydrogens (primary N) is 1. The predicted octanol–water partition coefficient (Wildman–Crippen LogP) is 1.90. The fraction of sp³-hybridized carbons (Fsp3) is 0.667. The monoisotopic (exact) mass is 223 g/mol. The van der Waals surface area contributed by atoms with Gasteiger partial charge in [-0.25, -0.2) is 0 Å². The molecule has 90 valence electrons. The highest BCUT2D eigenvalue weighted by atomic mass is 16.1. The first-order valence-electron chi connectivity index (χ1n) is 5.61. The Kier molecular flexibility index (Phi) is 3.73. The summed E-state index contributed by atoms with van der Waals surface area (Å²) in [6.07, 6.45) is 2.82. The van der Waals surface area contributed by atoms with E-state index in [0.29, 0.717) is 17.3 Å². The van der Waals surface area contributed by atoms with Crippen LogP contribution in [0.5, 0.6) is 0 Å². The van der Waals surface area contributed by atoms with Crippen LogP contribution in [0.25, 0.3) is 0 Å². The lowest BCUT2D eigenvalue weighted by atomic mass is 9.85. The van der Waals surface area contributed by atoms with Crippen LogP contribution in [0.2, 0.25) is 0 Å². The van der Waals surface area contributed by atoms with Crippen molar-refractivity contribution >= 4 is 5.95 Å².